The predicted molar refractivity (Wildman–Crippen MR) is 87.7 cm³/mol. The van der Waals surface area contributed by atoms with Gasteiger partial charge in [0.05, 0.1) is 12.1 Å². The largest absolute Gasteiger partial charge is 0.345 e. The molecule has 22 heavy (non-hydrogen) atoms. The van der Waals surface area contributed by atoms with Crippen LogP contribution in [0.3, 0.4) is 0 Å². The molecule has 1 fully saturated rings. The number of hydrogen-bond donors (Lipinski definition) is 0. The number of thiazole rings is 2. The molecule has 0 saturated carbocycles. The number of carbonyl (C=O) groups is 1. The molecule has 6 nitrogen and oxygen atoms in total. The second kappa shape index (κ2) is 5.69. The Hall–Kier alpha value is -1.93. The van der Waals surface area contributed by atoms with Crippen LogP contribution in [0.25, 0.3) is 4.96 Å². The molecule has 0 bridgehead atoms. The van der Waals surface area contributed by atoms with Gasteiger partial charge in [-0.25, -0.2) is 9.97 Å². The minimum atomic E-state index is 0.157. The minimum Gasteiger partial charge on any atom is -0.345 e. The van der Waals surface area contributed by atoms with Crippen LogP contribution in [0.4, 0.5) is 5.13 Å². The van der Waals surface area contributed by atoms with E-state index >= 15 is 0 Å². The fourth-order valence-electron chi connectivity index (χ4n) is 2.65. The van der Waals surface area contributed by atoms with Gasteiger partial charge in [0.2, 0.25) is 5.91 Å². The van der Waals surface area contributed by atoms with Crippen molar-refractivity contribution in [3.8, 4) is 0 Å². The zero-order chi connectivity index (χ0) is 14.9. The fourth-order valence-corrected chi connectivity index (χ4v) is 4.06. The van der Waals surface area contributed by atoms with Crippen LogP contribution in [0.15, 0.2) is 29.4 Å². The van der Waals surface area contributed by atoms with Crippen LogP contribution in [0.2, 0.25) is 0 Å². The number of piperazine rings is 1. The van der Waals surface area contributed by atoms with E-state index in [2.05, 4.69) is 14.9 Å². The summed E-state index contributed by atoms with van der Waals surface area (Å²) in [5, 5.41) is 5.02. The van der Waals surface area contributed by atoms with Gasteiger partial charge in [-0.05, 0) is 0 Å². The van der Waals surface area contributed by atoms with Gasteiger partial charge in [-0.3, -0.25) is 9.20 Å². The lowest BCUT2D eigenvalue weighted by Gasteiger charge is -2.34. The molecule has 3 aromatic heterocycles. The number of amides is 1. The Morgan fingerprint density at radius 2 is 2.05 bits per heavy atom. The zero-order valence-corrected chi connectivity index (χ0v) is 13.5. The van der Waals surface area contributed by atoms with Crippen molar-refractivity contribution in [1.29, 1.82) is 0 Å². The summed E-state index contributed by atoms with van der Waals surface area (Å²) in [6.07, 6.45) is 6.11. The maximum Gasteiger partial charge on any atom is 0.228 e. The predicted octanol–water partition coefficient (Wildman–Crippen LogP) is 1.74. The van der Waals surface area contributed by atoms with Crippen molar-refractivity contribution < 1.29 is 4.79 Å². The average Bonchev–Trinajstić information content (AvgIpc) is 3.24. The molecule has 0 atom stereocenters. The Labute approximate surface area is 135 Å². The molecule has 114 valence electrons. The molecule has 4 rings (SSSR count). The molecule has 0 radical (unpaired) electrons. The number of anilines is 1. The molecule has 0 unspecified atom stereocenters. The third-order valence-electron chi connectivity index (χ3n) is 3.80. The summed E-state index contributed by atoms with van der Waals surface area (Å²) in [5.74, 6) is 0.157. The van der Waals surface area contributed by atoms with E-state index in [9.17, 15) is 4.79 Å². The van der Waals surface area contributed by atoms with Gasteiger partial charge in [-0.2, -0.15) is 0 Å². The lowest BCUT2D eigenvalue weighted by molar-refractivity contribution is -0.130. The number of nitrogens with zero attached hydrogens (tertiary/aromatic N) is 5. The molecule has 4 heterocycles. The van der Waals surface area contributed by atoms with Crippen LogP contribution in [-0.4, -0.2) is 51.4 Å². The van der Waals surface area contributed by atoms with Crippen LogP contribution in [0, 0.1) is 0 Å². The molecular formula is C14H15N5OS2. The highest BCUT2D eigenvalue weighted by atomic mass is 32.1. The molecule has 0 aromatic carbocycles. The van der Waals surface area contributed by atoms with Crippen LogP contribution in [0.5, 0.6) is 0 Å². The smallest absolute Gasteiger partial charge is 0.228 e. The first-order chi connectivity index (χ1) is 10.8. The van der Waals surface area contributed by atoms with Crippen LogP contribution in [0.1, 0.15) is 5.69 Å². The maximum atomic E-state index is 12.4. The molecule has 1 amide bonds. The summed E-state index contributed by atoms with van der Waals surface area (Å²) in [6, 6.07) is 0. The number of imidazole rings is 1. The summed E-state index contributed by atoms with van der Waals surface area (Å²) in [6.45, 7) is 3.19. The van der Waals surface area contributed by atoms with E-state index in [1.54, 1.807) is 22.7 Å². The Morgan fingerprint density at radius 1 is 1.18 bits per heavy atom. The third-order valence-corrected chi connectivity index (χ3v) is 5.40. The molecule has 1 saturated heterocycles. The molecule has 3 aromatic rings. The van der Waals surface area contributed by atoms with E-state index in [0.717, 1.165) is 42.0 Å². The summed E-state index contributed by atoms with van der Waals surface area (Å²) >= 11 is 3.23. The Kier molecular flexibility index (Phi) is 3.55. The first kappa shape index (κ1) is 13.7. The van der Waals surface area contributed by atoms with Gasteiger partial charge in [0.25, 0.3) is 0 Å². The Bertz CT molecular complexity index is 742. The average molecular weight is 333 g/mol. The van der Waals surface area contributed by atoms with Crippen molar-refractivity contribution in [2.45, 2.75) is 6.42 Å². The molecule has 1 aliphatic rings. The van der Waals surface area contributed by atoms with Crippen molar-refractivity contribution >= 4 is 38.7 Å². The van der Waals surface area contributed by atoms with Gasteiger partial charge in [0.1, 0.15) is 0 Å². The molecule has 0 spiro atoms. The molecular weight excluding hydrogens is 318 g/mol. The van der Waals surface area contributed by atoms with Crippen molar-refractivity contribution in [2.75, 3.05) is 31.1 Å². The monoisotopic (exact) mass is 333 g/mol. The van der Waals surface area contributed by atoms with Crippen molar-refractivity contribution in [1.82, 2.24) is 19.3 Å². The van der Waals surface area contributed by atoms with Crippen molar-refractivity contribution in [3.05, 3.63) is 35.0 Å². The van der Waals surface area contributed by atoms with E-state index in [1.807, 2.05) is 38.7 Å². The van der Waals surface area contributed by atoms with Crippen molar-refractivity contribution in [2.24, 2.45) is 0 Å². The number of rotatable bonds is 3. The van der Waals surface area contributed by atoms with Crippen molar-refractivity contribution in [3.63, 3.8) is 0 Å². The van der Waals surface area contributed by atoms with Crippen LogP contribution in [-0.2, 0) is 11.2 Å². The topological polar surface area (TPSA) is 53.7 Å². The van der Waals surface area contributed by atoms with Crippen LogP contribution >= 0.6 is 22.7 Å². The molecule has 0 N–H and O–H groups in total. The van der Waals surface area contributed by atoms with Gasteiger partial charge in [0, 0.05) is 55.5 Å². The van der Waals surface area contributed by atoms with Gasteiger partial charge < -0.3 is 9.80 Å². The summed E-state index contributed by atoms with van der Waals surface area (Å²) in [7, 11) is 0. The number of carbonyl (C=O) groups excluding carboxylic acids is 1. The number of hydrogen-bond acceptors (Lipinski definition) is 6. The zero-order valence-electron chi connectivity index (χ0n) is 11.9. The second-order valence-electron chi connectivity index (χ2n) is 5.18. The van der Waals surface area contributed by atoms with Gasteiger partial charge in [-0.15, -0.1) is 22.7 Å². The van der Waals surface area contributed by atoms with E-state index in [-0.39, 0.29) is 5.91 Å². The van der Waals surface area contributed by atoms with Gasteiger partial charge >= 0.3 is 0 Å². The highest BCUT2D eigenvalue weighted by Gasteiger charge is 2.23. The summed E-state index contributed by atoms with van der Waals surface area (Å²) < 4.78 is 1.97. The first-order valence-corrected chi connectivity index (χ1v) is 8.89. The summed E-state index contributed by atoms with van der Waals surface area (Å²) in [4.78, 5) is 26.3. The Morgan fingerprint density at radius 3 is 2.77 bits per heavy atom. The number of fused-ring (bicyclic) bond motifs is 1. The fraction of sp³-hybridized carbons (Fsp3) is 0.357. The first-order valence-electron chi connectivity index (χ1n) is 7.13. The molecule has 0 aliphatic carbocycles. The molecule has 1 aliphatic heterocycles. The second-order valence-corrected chi connectivity index (χ2v) is 6.93. The van der Waals surface area contributed by atoms with E-state index in [0.29, 0.717) is 6.42 Å². The summed E-state index contributed by atoms with van der Waals surface area (Å²) in [5.41, 5.74) is 0.846. The quantitative estimate of drug-likeness (QED) is 0.733. The normalized spacial score (nSPS) is 15.6. The Balaban J connectivity index is 1.36. The van der Waals surface area contributed by atoms with Gasteiger partial charge in [0.15, 0.2) is 10.1 Å². The highest BCUT2D eigenvalue weighted by molar-refractivity contribution is 7.15. The third kappa shape index (κ3) is 2.59. The van der Waals surface area contributed by atoms with E-state index < -0.39 is 0 Å². The standard InChI is InChI=1S/C14H15N5OS2/c20-12(9-11-10-19-6-8-22-14(19)16-11)17-2-4-18(5-3-17)13-15-1-7-21-13/h1,6-8,10H,2-5,9H2. The SMILES string of the molecule is O=C(Cc1cn2ccsc2n1)N1CCN(c2nccs2)CC1. The lowest BCUT2D eigenvalue weighted by atomic mass is 10.2. The minimum absolute atomic E-state index is 0.157. The molecule has 8 heteroatoms. The lowest BCUT2D eigenvalue weighted by Crippen LogP contribution is -2.49. The van der Waals surface area contributed by atoms with E-state index in [4.69, 9.17) is 0 Å². The van der Waals surface area contributed by atoms with Gasteiger partial charge in [-0.1, -0.05) is 0 Å². The maximum absolute atomic E-state index is 12.4. The number of aromatic nitrogens is 3. The van der Waals surface area contributed by atoms with Crippen LogP contribution < -0.4 is 4.90 Å². The highest BCUT2D eigenvalue weighted by Crippen LogP contribution is 2.19. The van der Waals surface area contributed by atoms with E-state index in [1.165, 1.54) is 0 Å².